The molecule has 122 valence electrons. The molecule has 0 aliphatic rings. The van der Waals surface area contributed by atoms with Gasteiger partial charge in [0, 0.05) is 6.26 Å². The zero-order valence-electron chi connectivity index (χ0n) is 11.0. The molecule has 0 bridgehead atoms. The highest BCUT2D eigenvalue weighted by Gasteiger charge is 2.62. The molecular formula is C10H8F5N3O3S. The molecule has 0 amide bonds. The lowest BCUT2D eigenvalue weighted by Gasteiger charge is -2.19. The second-order valence-corrected chi connectivity index (χ2v) is 6.21. The number of halogens is 5. The first kappa shape index (κ1) is 16.4. The van der Waals surface area contributed by atoms with Gasteiger partial charge in [0.15, 0.2) is 20.5 Å². The van der Waals surface area contributed by atoms with Gasteiger partial charge in [0.05, 0.1) is 0 Å². The van der Waals surface area contributed by atoms with E-state index in [9.17, 15) is 30.4 Å². The summed E-state index contributed by atoms with van der Waals surface area (Å²) in [5, 5.41) is -0.511. The van der Waals surface area contributed by atoms with Crippen LogP contribution in [0.2, 0.25) is 0 Å². The molecule has 0 saturated heterocycles. The summed E-state index contributed by atoms with van der Waals surface area (Å²) in [4.78, 5) is 11.0. The molecule has 22 heavy (non-hydrogen) atoms. The minimum absolute atomic E-state index is 0.155. The molecule has 2 rings (SSSR count). The second kappa shape index (κ2) is 4.76. The molecule has 2 aromatic rings. The Labute approximate surface area is 120 Å². The van der Waals surface area contributed by atoms with Crippen molar-refractivity contribution in [1.29, 1.82) is 0 Å². The van der Waals surface area contributed by atoms with Crippen molar-refractivity contribution >= 4 is 21.0 Å². The van der Waals surface area contributed by atoms with Crippen LogP contribution in [0.1, 0.15) is 5.82 Å². The maximum Gasteiger partial charge on any atom is 0.461 e. The summed E-state index contributed by atoms with van der Waals surface area (Å²) in [6.45, 7) is 0. The molecule has 2 heterocycles. The van der Waals surface area contributed by atoms with Crippen LogP contribution in [0, 0.1) is 0 Å². The third-order valence-corrected chi connectivity index (χ3v) is 3.64. The quantitative estimate of drug-likeness (QED) is 0.789. The van der Waals surface area contributed by atoms with Crippen LogP contribution in [-0.2, 0) is 15.8 Å². The normalized spacial score (nSPS) is 13.6. The van der Waals surface area contributed by atoms with Crippen LogP contribution >= 0.6 is 0 Å². The largest absolute Gasteiger partial charge is 0.461 e. The number of aromatic nitrogens is 3. The lowest BCUT2D eigenvalue weighted by Crippen LogP contribution is -2.37. The molecular weight excluding hydrogens is 337 g/mol. The van der Waals surface area contributed by atoms with Gasteiger partial charge in [-0.2, -0.15) is 26.7 Å². The fourth-order valence-electron chi connectivity index (χ4n) is 1.64. The Hall–Kier alpha value is -1.98. The Bertz CT molecular complexity index is 828. The highest BCUT2D eigenvalue weighted by Crippen LogP contribution is 2.43. The maximum atomic E-state index is 13.4. The van der Waals surface area contributed by atoms with Crippen LogP contribution in [-0.4, -0.2) is 42.7 Å². The minimum Gasteiger partial charge on any atom is -0.415 e. The number of alkyl halides is 5. The SMILES string of the molecule is COn1c(C(F)(F)C(F)(F)F)nc2nc(S(C)(=O)=O)ccc21. The summed E-state index contributed by atoms with van der Waals surface area (Å²) in [7, 11) is -2.92. The fraction of sp³-hybridized carbons (Fsp3) is 0.400. The summed E-state index contributed by atoms with van der Waals surface area (Å²) in [6, 6.07) is 1.93. The van der Waals surface area contributed by atoms with Gasteiger partial charge < -0.3 is 4.84 Å². The van der Waals surface area contributed by atoms with E-state index < -0.39 is 38.4 Å². The predicted octanol–water partition coefficient (Wildman–Crippen LogP) is 1.55. The summed E-state index contributed by atoms with van der Waals surface area (Å²) >= 11 is 0. The van der Waals surface area contributed by atoms with Crippen molar-refractivity contribution in [2.75, 3.05) is 13.4 Å². The highest BCUT2D eigenvalue weighted by molar-refractivity contribution is 7.90. The average molecular weight is 345 g/mol. The molecule has 0 unspecified atom stereocenters. The van der Waals surface area contributed by atoms with Crippen LogP contribution in [0.15, 0.2) is 17.2 Å². The summed E-state index contributed by atoms with van der Waals surface area (Å²) < 4.78 is 87.1. The van der Waals surface area contributed by atoms with Gasteiger partial charge in [-0.3, -0.25) is 0 Å². The van der Waals surface area contributed by atoms with E-state index in [4.69, 9.17) is 0 Å². The predicted molar refractivity (Wildman–Crippen MR) is 63.1 cm³/mol. The molecule has 12 heteroatoms. The molecule has 0 aromatic carbocycles. The molecule has 0 saturated carbocycles. The van der Waals surface area contributed by atoms with Gasteiger partial charge in [-0.15, -0.1) is 0 Å². The third-order valence-electron chi connectivity index (χ3n) is 2.65. The number of imidazole rings is 1. The van der Waals surface area contributed by atoms with Crippen molar-refractivity contribution in [3.8, 4) is 0 Å². The van der Waals surface area contributed by atoms with Crippen molar-refractivity contribution < 1.29 is 35.2 Å². The van der Waals surface area contributed by atoms with Crippen molar-refractivity contribution in [3.63, 3.8) is 0 Å². The Morgan fingerprint density at radius 2 is 1.73 bits per heavy atom. The highest BCUT2D eigenvalue weighted by atomic mass is 32.2. The lowest BCUT2D eigenvalue weighted by atomic mass is 10.3. The Morgan fingerprint density at radius 1 is 1.14 bits per heavy atom. The van der Waals surface area contributed by atoms with E-state index in [1.54, 1.807) is 0 Å². The first-order valence-corrected chi connectivity index (χ1v) is 7.38. The van der Waals surface area contributed by atoms with Crippen molar-refractivity contribution in [2.24, 2.45) is 0 Å². The van der Waals surface area contributed by atoms with Gasteiger partial charge in [-0.25, -0.2) is 18.4 Å². The van der Waals surface area contributed by atoms with Gasteiger partial charge in [0.2, 0.25) is 5.82 Å². The van der Waals surface area contributed by atoms with E-state index in [0.29, 0.717) is 0 Å². The van der Waals surface area contributed by atoms with E-state index in [2.05, 4.69) is 14.8 Å². The number of hydrogen-bond donors (Lipinski definition) is 0. The molecule has 0 N–H and O–H groups in total. The van der Waals surface area contributed by atoms with E-state index in [1.807, 2.05) is 0 Å². The van der Waals surface area contributed by atoms with Gasteiger partial charge in [-0.05, 0) is 12.1 Å². The van der Waals surface area contributed by atoms with Crippen molar-refractivity contribution in [2.45, 2.75) is 17.1 Å². The van der Waals surface area contributed by atoms with Crippen LogP contribution < -0.4 is 4.84 Å². The number of hydrogen-bond acceptors (Lipinski definition) is 5. The molecule has 0 aliphatic carbocycles. The summed E-state index contributed by atoms with van der Waals surface area (Å²) in [6.07, 6.45) is -5.09. The Balaban J connectivity index is 2.77. The van der Waals surface area contributed by atoms with E-state index in [1.165, 1.54) is 0 Å². The van der Waals surface area contributed by atoms with E-state index >= 15 is 0 Å². The zero-order valence-corrected chi connectivity index (χ0v) is 11.8. The van der Waals surface area contributed by atoms with E-state index in [-0.39, 0.29) is 10.2 Å². The number of sulfone groups is 1. The first-order chi connectivity index (χ1) is 9.89. The van der Waals surface area contributed by atoms with Crippen LogP contribution in [0.3, 0.4) is 0 Å². The number of rotatable bonds is 3. The molecule has 0 atom stereocenters. The summed E-state index contributed by atoms with van der Waals surface area (Å²) in [5.41, 5.74) is -0.933. The number of nitrogens with zero attached hydrogens (tertiary/aromatic N) is 3. The van der Waals surface area contributed by atoms with Gasteiger partial charge in [0.25, 0.3) is 0 Å². The van der Waals surface area contributed by atoms with E-state index in [0.717, 1.165) is 25.5 Å². The Kier molecular flexibility index (Phi) is 3.55. The molecule has 0 spiro atoms. The second-order valence-electron chi connectivity index (χ2n) is 4.25. The number of fused-ring (bicyclic) bond motifs is 1. The Morgan fingerprint density at radius 3 is 2.18 bits per heavy atom. The maximum absolute atomic E-state index is 13.4. The minimum atomic E-state index is -5.90. The van der Waals surface area contributed by atoms with Gasteiger partial charge in [-0.1, -0.05) is 0 Å². The molecule has 0 aliphatic heterocycles. The van der Waals surface area contributed by atoms with Crippen molar-refractivity contribution in [1.82, 2.24) is 14.7 Å². The van der Waals surface area contributed by atoms with Gasteiger partial charge in [0.1, 0.15) is 12.6 Å². The molecule has 6 nitrogen and oxygen atoms in total. The smallest absolute Gasteiger partial charge is 0.415 e. The molecule has 0 radical (unpaired) electrons. The monoisotopic (exact) mass is 345 g/mol. The third kappa shape index (κ3) is 2.46. The number of pyridine rings is 1. The topological polar surface area (TPSA) is 74.1 Å². The van der Waals surface area contributed by atoms with Gasteiger partial charge >= 0.3 is 12.1 Å². The van der Waals surface area contributed by atoms with Crippen LogP contribution in [0.5, 0.6) is 0 Å². The summed E-state index contributed by atoms with van der Waals surface area (Å²) in [5.74, 6) is -7.04. The van der Waals surface area contributed by atoms with Crippen LogP contribution in [0.25, 0.3) is 11.2 Å². The standard InChI is InChI=1S/C10H8F5N3O3S/c1-21-18-5-3-4-6(22(2,19)20)16-7(5)17-8(18)9(11,12)10(13,14)15/h3-4H,1-2H3. The van der Waals surface area contributed by atoms with Crippen LogP contribution in [0.4, 0.5) is 22.0 Å². The lowest BCUT2D eigenvalue weighted by molar-refractivity contribution is -0.295. The fourth-order valence-corrected chi connectivity index (χ4v) is 2.21. The molecule has 2 aromatic heterocycles. The first-order valence-electron chi connectivity index (χ1n) is 5.48. The zero-order chi connectivity index (χ0) is 16.9. The molecule has 0 fully saturated rings. The average Bonchev–Trinajstić information content (AvgIpc) is 2.74. The van der Waals surface area contributed by atoms with Crippen molar-refractivity contribution in [3.05, 3.63) is 18.0 Å².